The van der Waals surface area contributed by atoms with Crippen molar-refractivity contribution in [3.63, 3.8) is 0 Å². The monoisotopic (exact) mass is 383 g/mol. The summed E-state index contributed by atoms with van der Waals surface area (Å²) < 4.78 is 34.9. The van der Waals surface area contributed by atoms with Crippen LogP contribution < -0.4 is 14.8 Å². The van der Waals surface area contributed by atoms with E-state index in [1.807, 2.05) is 6.07 Å². The van der Waals surface area contributed by atoms with Crippen molar-refractivity contribution in [3.8, 4) is 11.5 Å². The molecule has 28 heavy (non-hydrogen) atoms. The molecule has 2 heterocycles. The molecular formula is C20H15F2N3O3. The van der Waals surface area contributed by atoms with E-state index in [1.165, 1.54) is 18.3 Å². The van der Waals surface area contributed by atoms with Crippen LogP contribution in [0.2, 0.25) is 0 Å². The number of aromatic nitrogens is 2. The Balaban J connectivity index is 1.67. The number of carbonyl (C=O) groups excluding carboxylic acids is 1. The highest BCUT2D eigenvalue weighted by molar-refractivity contribution is 6.10. The highest BCUT2D eigenvalue weighted by Crippen LogP contribution is 2.31. The van der Waals surface area contributed by atoms with Gasteiger partial charge in [-0.1, -0.05) is 0 Å². The molecule has 0 bridgehead atoms. The van der Waals surface area contributed by atoms with Gasteiger partial charge in [0, 0.05) is 28.6 Å². The topological polar surface area (TPSA) is 76.2 Å². The fraction of sp³-hybridized carbons (Fsp3) is 0.100. The van der Waals surface area contributed by atoms with E-state index in [2.05, 4.69) is 20.0 Å². The zero-order chi connectivity index (χ0) is 19.7. The molecule has 142 valence electrons. The summed E-state index contributed by atoms with van der Waals surface area (Å²) in [6, 6.07) is 13.3. The van der Waals surface area contributed by atoms with Crippen molar-refractivity contribution < 1.29 is 23.0 Å². The van der Waals surface area contributed by atoms with Crippen molar-refractivity contribution in [3.05, 3.63) is 60.4 Å². The first-order chi connectivity index (χ1) is 13.5. The summed E-state index contributed by atoms with van der Waals surface area (Å²) >= 11 is 0. The summed E-state index contributed by atoms with van der Waals surface area (Å²) in [6.45, 7) is -2.96. The van der Waals surface area contributed by atoms with Crippen LogP contribution >= 0.6 is 0 Å². The van der Waals surface area contributed by atoms with Gasteiger partial charge in [0.05, 0.1) is 12.8 Å². The molecule has 0 fully saturated rings. The predicted molar refractivity (Wildman–Crippen MR) is 101 cm³/mol. The zero-order valence-corrected chi connectivity index (χ0v) is 14.7. The number of nitrogens with zero attached hydrogens (tertiary/aromatic N) is 1. The van der Waals surface area contributed by atoms with Gasteiger partial charge in [-0.15, -0.1) is 0 Å². The number of fused-ring (bicyclic) bond motifs is 2. The summed E-state index contributed by atoms with van der Waals surface area (Å²) in [4.78, 5) is 19.8. The molecule has 0 aliphatic rings. The maximum Gasteiger partial charge on any atom is 0.387 e. The van der Waals surface area contributed by atoms with Gasteiger partial charge in [0.2, 0.25) is 0 Å². The molecule has 4 aromatic rings. The largest absolute Gasteiger partial charge is 0.497 e. The van der Waals surface area contributed by atoms with Crippen LogP contribution in [-0.4, -0.2) is 29.6 Å². The van der Waals surface area contributed by atoms with Gasteiger partial charge < -0.3 is 19.8 Å². The molecule has 0 aliphatic heterocycles. The van der Waals surface area contributed by atoms with Gasteiger partial charge in [0.1, 0.15) is 17.0 Å². The Labute approximate surface area is 158 Å². The second-order valence-electron chi connectivity index (χ2n) is 5.98. The van der Waals surface area contributed by atoms with Crippen molar-refractivity contribution in [2.45, 2.75) is 6.61 Å². The molecule has 2 aromatic heterocycles. The number of H-pyrrole nitrogens is 1. The highest BCUT2D eigenvalue weighted by Gasteiger charge is 2.15. The number of aromatic amines is 1. The Kier molecular flexibility index (Phi) is 4.52. The van der Waals surface area contributed by atoms with E-state index in [4.69, 9.17) is 4.74 Å². The molecule has 1 amide bonds. The van der Waals surface area contributed by atoms with Crippen LogP contribution in [0.5, 0.6) is 11.5 Å². The third kappa shape index (κ3) is 3.32. The molecule has 0 radical (unpaired) electrons. The minimum Gasteiger partial charge on any atom is -0.497 e. The third-order valence-electron chi connectivity index (χ3n) is 4.27. The number of alkyl halides is 2. The minimum absolute atomic E-state index is 0.0543. The molecule has 6 nitrogen and oxygen atoms in total. The number of carbonyl (C=O) groups is 1. The quantitative estimate of drug-likeness (QED) is 0.529. The van der Waals surface area contributed by atoms with Crippen LogP contribution in [0.15, 0.2) is 54.7 Å². The van der Waals surface area contributed by atoms with Crippen molar-refractivity contribution >= 4 is 33.4 Å². The third-order valence-corrected chi connectivity index (χ3v) is 4.27. The second-order valence-corrected chi connectivity index (χ2v) is 5.98. The SMILES string of the molecule is COc1ccc2cc(C(=O)Nc3ccc(OC(F)F)c4ncccc34)[nH]c2c1. The summed E-state index contributed by atoms with van der Waals surface area (Å²) in [5, 5.41) is 4.14. The molecule has 4 rings (SSSR count). The first-order valence-corrected chi connectivity index (χ1v) is 8.36. The lowest BCUT2D eigenvalue weighted by molar-refractivity contribution is -0.0489. The van der Waals surface area contributed by atoms with E-state index >= 15 is 0 Å². The van der Waals surface area contributed by atoms with Crippen LogP contribution in [0.1, 0.15) is 10.5 Å². The number of hydrogen-bond donors (Lipinski definition) is 2. The van der Waals surface area contributed by atoms with Crippen LogP contribution in [0.4, 0.5) is 14.5 Å². The van der Waals surface area contributed by atoms with Gasteiger partial charge in [0.25, 0.3) is 5.91 Å². The van der Waals surface area contributed by atoms with E-state index in [0.29, 0.717) is 22.5 Å². The number of anilines is 1. The van der Waals surface area contributed by atoms with Crippen molar-refractivity contribution in [2.75, 3.05) is 12.4 Å². The molecule has 0 saturated carbocycles. The molecule has 0 aliphatic carbocycles. The smallest absolute Gasteiger partial charge is 0.387 e. The van der Waals surface area contributed by atoms with Crippen LogP contribution in [0.25, 0.3) is 21.8 Å². The molecule has 0 saturated heterocycles. The maximum absolute atomic E-state index is 12.7. The summed E-state index contributed by atoms with van der Waals surface area (Å²) in [5.41, 5.74) is 1.79. The Bertz CT molecular complexity index is 1170. The standard InChI is InChI=1S/C20H15F2N3O3/c1-27-12-5-4-11-9-16(24-15(11)10-12)19(26)25-14-6-7-17(28-20(21)22)18-13(14)3-2-8-23-18/h2-10,20,24H,1H3,(H,25,26). The molecule has 2 N–H and O–H groups in total. The first kappa shape index (κ1) is 17.7. The highest BCUT2D eigenvalue weighted by atomic mass is 19.3. The summed E-state index contributed by atoms with van der Waals surface area (Å²) in [5.74, 6) is 0.247. The van der Waals surface area contributed by atoms with E-state index in [0.717, 1.165) is 10.9 Å². The number of benzene rings is 2. The van der Waals surface area contributed by atoms with Gasteiger partial charge >= 0.3 is 6.61 Å². The lowest BCUT2D eigenvalue weighted by Gasteiger charge is -2.11. The van der Waals surface area contributed by atoms with Crippen molar-refractivity contribution in [2.24, 2.45) is 0 Å². The van der Waals surface area contributed by atoms with E-state index in [9.17, 15) is 13.6 Å². The predicted octanol–water partition coefficient (Wildman–Crippen LogP) is 4.58. The normalized spacial score (nSPS) is 11.1. The number of nitrogens with one attached hydrogen (secondary N) is 2. The van der Waals surface area contributed by atoms with E-state index < -0.39 is 6.61 Å². The van der Waals surface area contributed by atoms with Gasteiger partial charge in [-0.05, 0) is 42.5 Å². The molecule has 2 aromatic carbocycles. The lowest BCUT2D eigenvalue weighted by Crippen LogP contribution is -2.13. The number of hydrogen-bond acceptors (Lipinski definition) is 4. The fourth-order valence-corrected chi connectivity index (χ4v) is 2.99. The lowest BCUT2D eigenvalue weighted by atomic mass is 10.1. The second kappa shape index (κ2) is 7.15. The fourth-order valence-electron chi connectivity index (χ4n) is 2.99. The van der Waals surface area contributed by atoms with Crippen LogP contribution in [-0.2, 0) is 0 Å². The molecular weight excluding hydrogens is 368 g/mol. The number of pyridine rings is 1. The van der Waals surface area contributed by atoms with Crippen LogP contribution in [0, 0.1) is 0 Å². The number of halogens is 2. The van der Waals surface area contributed by atoms with Crippen LogP contribution in [0.3, 0.4) is 0 Å². The Hall–Kier alpha value is -3.68. The zero-order valence-electron chi connectivity index (χ0n) is 14.7. The van der Waals surface area contributed by atoms with E-state index in [1.54, 1.807) is 37.4 Å². The Morgan fingerprint density at radius 2 is 2.04 bits per heavy atom. The average molecular weight is 383 g/mol. The van der Waals surface area contributed by atoms with Gasteiger partial charge in [0.15, 0.2) is 5.75 Å². The van der Waals surface area contributed by atoms with Gasteiger partial charge in [-0.2, -0.15) is 8.78 Å². The summed E-state index contributed by atoms with van der Waals surface area (Å²) in [7, 11) is 1.57. The van der Waals surface area contributed by atoms with Crippen molar-refractivity contribution in [1.29, 1.82) is 0 Å². The van der Waals surface area contributed by atoms with E-state index in [-0.39, 0.29) is 17.2 Å². The molecule has 0 unspecified atom stereocenters. The number of amides is 1. The average Bonchev–Trinajstić information content (AvgIpc) is 3.13. The number of methoxy groups -OCH3 is 1. The molecule has 0 spiro atoms. The first-order valence-electron chi connectivity index (χ1n) is 8.36. The Morgan fingerprint density at radius 1 is 1.18 bits per heavy atom. The molecule has 8 heteroatoms. The Morgan fingerprint density at radius 3 is 2.82 bits per heavy atom. The van der Waals surface area contributed by atoms with Crippen molar-refractivity contribution in [1.82, 2.24) is 9.97 Å². The number of rotatable bonds is 5. The summed E-state index contributed by atoms with van der Waals surface area (Å²) in [6.07, 6.45) is 1.47. The minimum atomic E-state index is -2.96. The molecule has 0 atom stereocenters. The number of ether oxygens (including phenoxy) is 2. The van der Waals surface area contributed by atoms with Gasteiger partial charge in [-0.25, -0.2) is 0 Å². The maximum atomic E-state index is 12.7. The van der Waals surface area contributed by atoms with Gasteiger partial charge in [-0.3, -0.25) is 9.78 Å².